The summed E-state index contributed by atoms with van der Waals surface area (Å²) in [5, 5.41) is 4.03. The molecule has 2 aromatic rings. The van der Waals surface area contributed by atoms with Gasteiger partial charge in [0.15, 0.2) is 5.78 Å². The van der Waals surface area contributed by atoms with Crippen molar-refractivity contribution in [2.24, 2.45) is 5.16 Å². The summed E-state index contributed by atoms with van der Waals surface area (Å²) in [5.41, 5.74) is 3.27. The number of aromatic nitrogens is 2. The first-order valence-corrected chi connectivity index (χ1v) is 8.87. The number of hydrogen-bond donors (Lipinski definition) is 0. The molecule has 0 N–H and O–H groups in total. The summed E-state index contributed by atoms with van der Waals surface area (Å²) in [6, 6.07) is 10.9. The second-order valence-electron chi connectivity index (χ2n) is 6.40. The fourth-order valence-corrected chi connectivity index (χ4v) is 2.71. The van der Waals surface area contributed by atoms with Gasteiger partial charge in [-0.15, -0.1) is 0 Å². The van der Waals surface area contributed by atoms with Gasteiger partial charge in [0.1, 0.15) is 18.0 Å². The molecule has 1 fully saturated rings. The molecular formula is C20H23N3O4. The lowest BCUT2D eigenvalue weighted by Crippen LogP contribution is -2.24. The summed E-state index contributed by atoms with van der Waals surface area (Å²) >= 11 is 0. The minimum atomic E-state index is -0.894. The van der Waals surface area contributed by atoms with Crippen LogP contribution in [0.3, 0.4) is 0 Å². The third-order valence-corrected chi connectivity index (χ3v) is 4.22. The van der Waals surface area contributed by atoms with Gasteiger partial charge < -0.3 is 14.3 Å². The average molecular weight is 369 g/mol. The Labute approximate surface area is 158 Å². The maximum atomic E-state index is 12.4. The number of Topliss-reactive ketones (excluding diaryl/α,β-unsaturated/α-hetero) is 1. The normalized spacial score (nSPS) is 16.3. The summed E-state index contributed by atoms with van der Waals surface area (Å²) in [6.45, 7) is 6.72. The molecule has 0 saturated carbocycles. The largest absolute Gasteiger partial charge is 0.395 e. The SMILES string of the molecule is C/C(=N\OCCC(=O)c1cccc(C2(C)OCCO2)n1)c1cccc(C)n1. The molecule has 0 bridgehead atoms. The molecule has 27 heavy (non-hydrogen) atoms. The fourth-order valence-electron chi connectivity index (χ4n) is 2.71. The van der Waals surface area contributed by atoms with Gasteiger partial charge in [0.05, 0.1) is 24.6 Å². The Morgan fingerprint density at radius 2 is 1.85 bits per heavy atom. The summed E-state index contributed by atoms with van der Waals surface area (Å²) in [5.74, 6) is -1.02. The molecule has 0 atom stereocenters. The van der Waals surface area contributed by atoms with Crippen molar-refractivity contribution in [1.29, 1.82) is 0 Å². The molecule has 3 rings (SSSR count). The Kier molecular flexibility index (Phi) is 5.93. The first-order valence-electron chi connectivity index (χ1n) is 8.87. The van der Waals surface area contributed by atoms with Gasteiger partial charge >= 0.3 is 0 Å². The van der Waals surface area contributed by atoms with E-state index in [1.807, 2.05) is 32.0 Å². The number of carbonyl (C=O) groups is 1. The van der Waals surface area contributed by atoms with E-state index in [2.05, 4.69) is 15.1 Å². The number of oxime groups is 1. The zero-order valence-corrected chi connectivity index (χ0v) is 15.8. The second kappa shape index (κ2) is 8.37. The Hall–Kier alpha value is -2.64. The van der Waals surface area contributed by atoms with Crippen LogP contribution in [0.2, 0.25) is 0 Å². The van der Waals surface area contributed by atoms with Gasteiger partial charge in [0.2, 0.25) is 5.79 Å². The number of carbonyl (C=O) groups excluding carboxylic acids is 1. The number of ketones is 1. The summed E-state index contributed by atoms with van der Waals surface area (Å²) in [7, 11) is 0. The third kappa shape index (κ3) is 4.75. The van der Waals surface area contributed by atoms with Crippen LogP contribution in [0.15, 0.2) is 41.6 Å². The monoisotopic (exact) mass is 369 g/mol. The van der Waals surface area contributed by atoms with Crippen molar-refractivity contribution in [2.75, 3.05) is 19.8 Å². The Morgan fingerprint density at radius 1 is 1.15 bits per heavy atom. The van der Waals surface area contributed by atoms with E-state index in [0.717, 1.165) is 11.4 Å². The van der Waals surface area contributed by atoms with E-state index >= 15 is 0 Å². The highest BCUT2D eigenvalue weighted by Crippen LogP contribution is 2.29. The second-order valence-corrected chi connectivity index (χ2v) is 6.40. The van der Waals surface area contributed by atoms with Crippen LogP contribution in [0.1, 0.15) is 47.8 Å². The molecule has 7 nitrogen and oxygen atoms in total. The van der Waals surface area contributed by atoms with Crippen molar-refractivity contribution in [3.63, 3.8) is 0 Å². The van der Waals surface area contributed by atoms with Crippen LogP contribution < -0.4 is 0 Å². The molecule has 142 valence electrons. The molecule has 1 aliphatic rings. The smallest absolute Gasteiger partial charge is 0.209 e. The van der Waals surface area contributed by atoms with Gasteiger partial charge in [-0.25, -0.2) is 4.98 Å². The van der Waals surface area contributed by atoms with Crippen LogP contribution in [-0.2, 0) is 20.1 Å². The lowest BCUT2D eigenvalue weighted by molar-refractivity contribution is -0.152. The van der Waals surface area contributed by atoms with E-state index in [1.165, 1.54) is 0 Å². The molecule has 1 saturated heterocycles. The summed E-state index contributed by atoms with van der Waals surface area (Å²) < 4.78 is 11.2. The molecule has 0 aromatic carbocycles. The fraction of sp³-hybridized carbons (Fsp3) is 0.400. The number of aryl methyl sites for hydroxylation is 1. The quantitative estimate of drug-likeness (QED) is 0.323. The van der Waals surface area contributed by atoms with E-state index in [0.29, 0.717) is 30.3 Å². The van der Waals surface area contributed by atoms with Crippen molar-refractivity contribution in [1.82, 2.24) is 9.97 Å². The molecule has 7 heteroatoms. The van der Waals surface area contributed by atoms with E-state index in [4.69, 9.17) is 14.3 Å². The van der Waals surface area contributed by atoms with Crippen LogP contribution >= 0.6 is 0 Å². The highest BCUT2D eigenvalue weighted by Gasteiger charge is 2.34. The molecule has 0 unspecified atom stereocenters. The number of hydrogen-bond acceptors (Lipinski definition) is 7. The van der Waals surface area contributed by atoms with Gasteiger partial charge in [-0.3, -0.25) is 9.78 Å². The highest BCUT2D eigenvalue weighted by molar-refractivity contribution is 5.96. The first-order chi connectivity index (χ1) is 13.0. The maximum absolute atomic E-state index is 12.4. The molecule has 0 spiro atoms. The molecule has 0 radical (unpaired) electrons. The van der Waals surface area contributed by atoms with Crippen molar-refractivity contribution in [3.05, 3.63) is 59.2 Å². The summed E-state index contributed by atoms with van der Waals surface area (Å²) in [4.78, 5) is 26.4. The van der Waals surface area contributed by atoms with Gasteiger partial charge in [-0.05, 0) is 45.0 Å². The van der Waals surface area contributed by atoms with Crippen molar-refractivity contribution in [3.8, 4) is 0 Å². The number of ether oxygens (including phenoxy) is 2. The zero-order chi connectivity index (χ0) is 19.3. The number of pyridine rings is 2. The minimum Gasteiger partial charge on any atom is -0.395 e. The highest BCUT2D eigenvalue weighted by atomic mass is 16.7. The Morgan fingerprint density at radius 3 is 2.59 bits per heavy atom. The van der Waals surface area contributed by atoms with Crippen LogP contribution in [0.5, 0.6) is 0 Å². The molecule has 0 aliphatic carbocycles. The van der Waals surface area contributed by atoms with Gasteiger partial charge in [-0.1, -0.05) is 17.3 Å². The predicted octanol–water partition coefficient (Wildman–Crippen LogP) is 3.02. The van der Waals surface area contributed by atoms with E-state index in [1.54, 1.807) is 25.1 Å². The van der Waals surface area contributed by atoms with Gasteiger partial charge in [0.25, 0.3) is 0 Å². The average Bonchev–Trinajstić information content (AvgIpc) is 3.13. The zero-order valence-electron chi connectivity index (χ0n) is 15.8. The third-order valence-electron chi connectivity index (χ3n) is 4.22. The van der Waals surface area contributed by atoms with Crippen molar-refractivity contribution >= 4 is 11.5 Å². The van der Waals surface area contributed by atoms with Crippen LogP contribution in [-0.4, -0.2) is 41.3 Å². The minimum absolute atomic E-state index is 0.125. The maximum Gasteiger partial charge on any atom is 0.209 e. The lowest BCUT2D eigenvalue weighted by atomic mass is 10.1. The first kappa shape index (κ1) is 19.1. The molecular weight excluding hydrogens is 346 g/mol. The van der Waals surface area contributed by atoms with E-state index in [9.17, 15) is 4.79 Å². The standard InChI is InChI=1S/C20H23N3O4/c1-14-6-4-7-16(21-14)15(2)23-27-11-10-18(24)17-8-5-9-19(22-17)20(3)25-12-13-26-20/h4-9H,10-13H2,1-3H3/b23-15+. The van der Waals surface area contributed by atoms with E-state index in [-0.39, 0.29) is 18.8 Å². The van der Waals surface area contributed by atoms with Crippen molar-refractivity contribution < 1.29 is 19.1 Å². The van der Waals surface area contributed by atoms with Crippen LogP contribution in [0.25, 0.3) is 0 Å². The van der Waals surface area contributed by atoms with Gasteiger partial charge in [0, 0.05) is 12.1 Å². The molecule has 2 aromatic heterocycles. The number of nitrogens with zero attached hydrogens (tertiary/aromatic N) is 3. The Balaban J connectivity index is 1.56. The predicted molar refractivity (Wildman–Crippen MR) is 99.6 cm³/mol. The molecule has 1 aliphatic heterocycles. The molecule has 3 heterocycles. The topological polar surface area (TPSA) is 82.9 Å². The summed E-state index contributed by atoms with van der Waals surface area (Å²) in [6.07, 6.45) is 0.174. The number of rotatable bonds is 7. The lowest BCUT2D eigenvalue weighted by Gasteiger charge is -2.21. The van der Waals surface area contributed by atoms with Crippen molar-refractivity contribution in [2.45, 2.75) is 33.0 Å². The van der Waals surface area contributed by atoms with E-state index < -0.39 is 5.79 Å². The van der Waals surface area contributed by atoms with Crippen LogP contribution in [0.4, 0.5) is 0 Å². The van der Waals surface area contributed by atoms with Crippen LogP contribution in [0, 0.1) is 6.92 Å². The Bertz CT molecular complexity index is 845. The molecule has 0 amide bonds. The van der Waals surface area contributed by atoms with Gasteiger partial charge in [-0.2, -0.15) is 0 Å².